The Balaban J connectivity index is 2.69. The van der Waals surface area contributed by atoms with Crippen molar-refractivity contribution >= 4 is 28.0 Å². The summed E-state index contributed by atoms with van der Waals surface area (Å²) in [6.45, 7) is 0. The zero-order chi connectivity index (χ0) is 11.8. The topological polar surface area (TPSA) is 37.3 Å². The van der Waals surface area contributed by atoms with Gasteiger partial charge in [-0.1, -0.05) is 39.9 Å². The van der Waals surface area contributed by atoms with Gasteiger partial charge in [0.15, 0.2) is 0 Å². The molecule has 0 aromatic heterocycles. The molecule has 1 aromatic rings. The van der Waals surface area contributed by atoms with Crippen molar-refractivity contribution in [3.8, 4) is 11.8 Å². The zero-order valence-electron chi connectivity index (χ0n) is 8.61. The molecule has 0 aliphatic heterocycles. The molecule has 1 N–H and O–H groups in total. The molecule has 3 heteroatoms. The second kappa shape index (κ2) is 6.86. The normalized spacial score (nSPS) is 9.81. The molecule has 1 rings (SSSR count). The minimum atomic E-state index is -0.943. The number of aliphatic carboxylic acids is 1. The third-order valence-electron chi connectivity index (χ3n) is 1.78. The van der Waals surface area contributed by atoms with Crippen LogP contribution < -0.4 is 0 Å². The minimum Gasteiger partial charge on any atom is -0.478 e. The molecule has 0 aliphatic rings. The highest BCUT2D eigenvalue weighted by atomic mass is 79.9. The van der Waals surface area contributed by atoms with Gasteiger partial charge in [0.05, 0.1) is 0 Å². The molecule has 1 aromatic carbocycles. The fourth-order valence-corrected chi connectivity index (χ4v) is 1.26. The van der Waals surface area contributed by atoms with Crippen molar-refractivity contribution < 1.29 is 9.90 Å². The summed E-state index contributed by atoms with van der Waals surface area (Å²) in [5.74, 6) is 5.09. The van der Waals surface area contributed by atoms with Crippen LogP contribution in [0.4, 0.5) is 0 Å². The highest BCUT2D eigenvalue weighted by molar-refractivity contribution is 9.09. The van der Waals surface area contributed by atoms with Crippen molar-refractivity contribution in [1.82, 2.24) is 0 Å². The summed E-state index contributed by atoms with van der Waals surface area (Å²) < 4.78 is 0. The maximum atomic E-state index is 10.3. The van der Waals surface area contributed by atoms with E-state index in [9.17, 15) is 4.79 Å². The molecule has 2 nitrogen and oxygen atoms in total. The highest BCUT2D eigenvalue weighted by Gasteiger charge is 1.90. The van der Waals surface area contributed by atoms with E-state index < -0.39 is 5.97 Å². The second-order valence-corrected chi connectivity index (χ2v) is 3.83. The third-order valence-corrected chi connectivity index (χ3v) is 2.18. The van der Waals surface area contributed by atoms with Crippen LogP contribution in [0.5, 0.6) is 0 Å². The lowest BCUT2D eigenvalue weighted by atomic mass is 10.1. The third kappa shape index (κ3) is 4.81. The van der Waals surface area contributed by atoms with Crippen LogP contribution in [0.2, 0.25) is 0 Å². The Morgan fingerprint density at radius 2 is 2.06 bits per heavy atom. The summed E-state index contributed by atoms with van der Waals surface area (Å²) in [5, 5.41) is 9.33. The molecule has 0 spiro atoms. The van der Waals surface area contributed by atoms with E-state index in [0.29, 0.717) is 0 Å². The van der Waals surface area contributed by atoms with Crippen LogP contribution >= 0.6 is 15.9 Å². The van der Waals surface area contributed by atoms with E-state index in [4.69, 9.17) is 5.11 Å². The lowest BCUT2D eigenvalue weighted by molar-refractivity contribution is -0.131. The van der Waals surface area contributed by atoms with Gasteiger partial charge in [-0.05, 0) is 23.8 Å². The number of halogens is 1. The Labute approximate surface area is 103 Å². The molecule has 0 amide bonds. The van der Waals surface area contributed by atoms with Crippen LogP contribution in [0.1, 0.15) is 17.5 Å². The van der Waals surface area contributed by atoms with Gasteiger partial charge in [-0.25, -0.2) is 4.79 Å². The van der Waals surface area contributed by atoms with Gasteiger partial charge in [0.25, 0.3) is 0 Å². The number of rotatable bonds is 3. The summed E-state index contributed by atoms with van der Waals surface area (Å²) in [5.41, 5.74) is 1.79. The molecule has 0 fully saturated rings. The van der Waals surface area contributed by atoms with E-state index in [0.717, 1.165) is 29.0 Å². The number of carboxylic acid groups (broad SMARTS) is 1. The first-order valence-corrected chi connectivity index (χ1v) is 5.90. The molecule has 0 unspecified atom stereocenters. The standard InChI is InChI=1S/C13H11BrO2/c14-10-2-1-3-11-4-6-12(7-5-11)8-9-13(15)16/h4-9H,2,10H2,(H,15,16). The van der Waals surface area contributed by atoms with Crippen LogP contribution in [0.25, 0.3) is 6.08 Å². The van der Waals surface area contributed by atoms with Crippen molar-refractivity contribution in [2.75, 3.05) is 5.33 Å². The number of benzene rings is 1. The fourth-order valence-electron chi connectivity index (χ4n) is 1.06. The van der Waals surface area contributed by atoms with Gasteiger partial charge in [0.2, 0.25) is 0 Å². The van der Waals surface area contributed by atoms with Crippen LogP contribution in [0.15, 0.2) is 30.3 Å². The number of hydrogen-bond acceptors (Lipinski definition) is 1. The largest absolute Gasteiger partial charge is 0.478 e. The molecule has 0 bridgehead atoms. The van der Waals surface area contributed by atoms with Gasteiger partial charge in [0.1, 0.15) is 0 Å². The van der Waals surface area contributed by atoms with Gasteiger partial charge in [-0.3, -0.25) is 0 Å². The van der Waals surface area contributed by atoms with E-state index in [1.54, 1.807) is 6.08 Å². The highest BCUT2D eigenvalue weighted by Crippen LogP contribution is 2.05. The Kier molecular flexibility index (Phi) is 5.38. The minimum absolute atomic E-state index is 0.820. The van der Waals surface area contributed by atoms with E-state index in [-0.39, 0.29) is 0 Å². The molecular weight excluding hydrogens is 268 g/mol. The van der Waals surface area contributed by atoms with Crippen molar-refractivity contribution in [2.24, 2.45) is 0 Å². The molecule has 0 heterocycles. The second-order valence-electron chi connectivity index (χ2n) is 3.03. The van der Waals surface area contributed by atoms with Crippen molar-refractivity contribution in [2.45, 2.75) is 6.42 Å². The van der Waals surface area contributed by atoms with Gasteiger partial charge in [-0.15, -0.1) is 0 Å². The first kappa shape index (κ1) is 12.5. The Bertz CT molecular complexity index is 435. The van der Waals surface area contributed by atoms with Gasteiger partial charge >= 0.3 is 5.97 Å². The van der Waals surface area contributed by atoms with E-state index in [1.807, 2.05) is 24.3 Å². The molecule has 16 heavy (non-hydrogen) atoms. The zero-order valence-corrected chi connectivity index (χ0v) is 10.2. The molecule has 82 valence electrons. The maximum Gasteiger partial charge on any atom is 0.328 e. The van der Waals surface area contributed by atoms with E-state index >= 15 is 0 Å². The van der Waals surface area contributed by atoms with Crippen molar-refractivity contribution in [3.05, 3.63) is 41.5 Å². The number of carbonyl (C=O) groups is 1. The smallest absolute Gasteiger partial charge is 0.328 e. The van der Waals surface area contributed by atoms with Gasteiger partial charge in [-0.2, -0.15) is 0 Å². The average Bonchev–Trinajstić information content (AvgIpc) is 2.28. The average molecular weight is 279 g/mol. The van der Waals surface area contributed by atoms with Crippen LogP contribution in [-0.4, -0.2) is 16.4 Å². The first-order chi connectivity index (χ1) is 7.72. The predicted molar refractivity (Wildman–Crippen MR) is 68.4 cm³/mol. The van der Waals surface area contributed by atoms with E-state index in [2.05, 4.69) is 27.8 Å². The molecule has 0 radical (unpaired) electrons. The summed E-state index contributed by atoms with van der Waals surface area (Å²) in [4.78, 5) is 10.3. The Morgan fingerprint density at radius 1 is 1.38 bits per heavy atom. The lowest BCUT2D eigenvalue weighted by Gasteiger charge is -1.93. The van der Waals surface area contributed by atoms with Crippen molar-refractivity contribution in [1.29, 1.82) is 0 Å². The Morgan fingerprint density at radius 3 is 2.62 bits per heavy atom. The fraction of sp³-hybridized carbons (Fsp3) is 0.154. The molecule has 0 atom stereocenters. The number of carboxylic acids is 1. The summed E-state index contributed by atoms with van der Waals surface area (Å²) in [7, 11) is 0. The molecule has 0 saturated carbocycles. The molecule has 0 aliphatic carbocycles. The van der Waals surface area contributed by atoms with Crippen LogP contribution in [0.3, 0.4) is 0 Å². The van der Waals surface area contributed by atoms with Gasteiger partial charge in [0, 0.05) is 23.4 Å². The maximum absolute atomic E-state index is 10.3. The van der Waals surface area contributed by atoms with Crippen LogP contribution in [0, 0.1) is 11.8 Å². The first-order valence-electron chi connectivity index (χ1n) is 4.78. The monoisotopic (exact) mass is 278 g/mol. The SMILES string of the molecule is O=C(O)C=Cc1ccc(C#CCCBr)cc1. The molecular formula is C13H11BrO2. The summed E-state index contributed by atoms with van der Waals surface area (Å²) >= 11 is 3.30. The summed E-state index contributed by atoms with van der Waals surface area (Å²) in [6.07, 6.45) is 3.49. The lowest BCUT2D eigenvalue weighted by Crippen LogP contribution is -1.85. The number of alkyl halides is 1. The van der Waals surface area contributed by atoms with Crippen molar-refractivity contribution in [3.63, 3.8) is 0 Å². The number of hydrogen-bond donors (Lipinski definition) is 1. The quantitative estimate of drug-likeness (QED) is 0.524. The molecule has 0 saturated heterocycles. The summed E-state index contributed by atoms with van der Waals surface area (Å²) in [6, 6.07) is 7.45. The predicted octanol–water partition coefficient (Wildman–Crippen LogP) is 2.92. The Hall–Kier alpha value is -1.53. The van der Waals surface area contributed by atoms with Gasteiger partial charge < -0.3 is 5.11 Å². The van der Waals surface area contributed by atoms with E-state index in [1.165, 1.54) is 0 Å². The van der Waals surface area contributed by atoms with Crippen LogP contribution in [-0.2, 0) is 4.79 Å².